The molecule has 0 amide bonds. The SMILES string of the molecule is c1ccc(-c2nc(Cc3cccc(-c4ccc5sc6ccccc6c5c4)c3-n3c4ccccc4c4ccncc43)nc(-n3c4ccccc4c4ccccc43)n2)cc1. The number of aromatic nitrogens is 6. The Morgan fingerprint density at radius 2 is 1.09 bits per heavy atom. The predicted octanol–water partition coefficient (Wildman–Crippen LogP) is 12.8. The van der Waals surface area contributed by atoms with Crippen LogP contribution in [-0.4, -0.2) is 29.1 Å². The predicted molar refractivity (Wildman–Crippen MR) is 239 cm³/mol. The number of benzene rings is 7. The Hall–Kier alpha value is -7.48. The average molecular weight is 761 g/mol. The Kier molecular flexibility index (Phi) is 7.36. The summed E-state index contributed by atoms with van der Waals surface area (Å²) >= 11 is 1.84. The van der Waals surface area contributed by atoms with Crippen molar-refractivity contribution in [3.63, 3.8) is 0 Å². The summed E-state index contributed by atoms with van der Waals surface area (Å²) in [5.74, 6) is 1.91. The maximum absolute atomic E-state index is 5.34. The van der Waals surface area contributed by atoms with E-state index in [4.69, 9.17) is 15.0 Å². The zero-order valence-corrected chi connectivity index (χ0v) is 31.9. The third-order valence-electron chi connectivity index (χ3n) is 11.3. The van der Waals surface area contributed by atoms with Crippen LogP contribution in [0.4, 0.5) is 0 Å². The second kappa shape index (κ2) is 13.0. The molecule has 0 fully saturated rings. The van der Waals surface area contributed by atoms with E-state index in [0.717, 1.165) is 66.2 Å². The third kappa shape index (κ3) is 5.10. The molecule has 7 aromatic carbocycles. The van der Waals surface area contributed by atoms with Gasteiger partial charge in [0.15, 0.2) is 5.82 Å². The van der Waals surface area contributed by atoms with Crippen molar-refractivity contribution >= 4 is 75.1 Å². The van der Waals surface area contributed by atoms with Gasteiger partial charge in [0, 0.05) is 65.5 Å². The summed E-state index contributed by atoms with van der Waals surface area (Å²) in [5.41, 5.74) is 9.66. The van der Waals surface area contributed by atoms with E-state index in [1.807, 2.05) is 41.9 Å². The van der Waals surface area contributed by atoms with E-state index in [9.17, 15) is 0 Å². The fourth-order valence-corrected chi connectivity index (χ4v) is 9.88. The number of thiophene rings is 1. The lowest BCUT2D eigenvalue weighted by Gasteiger charge is -2.19. The quantitative estimate of drug-likeness (QED) is 0.169. The van der Waals surface area contributed by atoms with Gasteiger partial charge in [0.2, 0.25) is 5.95 Å². The number of hydrogen-bond donors (Lipinski definition) is 0. The van der Waals surface area contributed by atoms with Crippen LogP contribution in [0.5, 0.6) is 0 Å². The Bertz CT molecular complexity index is 3450. The normalized spacial score (nSPS) is 11.9. The van der Waals surface area contributed by atoms with Crippen LogP contribution in [0.15, 0.2) is 182 Å². The topological polar surface area (TPSA) is 61.4 Å². The molecule has 0 spiro atoms. The summed E-state index contributed by atoms with van der Waals surface area (Å²) in [6.07, 6.45) is 4.34. The van der Waals surface area contributed by atoms with Crippen molar-refractivity contribution < 1.29 is 0 Å². The number of pyridine rings is 1. The van der Waals surface area contributed by atoms with Crippen LogP contribution in [-0.2, 0) is 6.42 Å². The van der Waals surface area contributed by atoms with Gasteiger partial charge in [-0.15, -0.1) is 11.3 Å². The van der Waals surface area contributed by atoms with Crippen LogP contribution in [0.3, 0.4) is 0 Å². The maximum atomic E-state index is 5.34. The van der Waals surface area contributed by atoms with Crippen molar-refractivity contribution in [1.82, 2.24) is 29.1 Å². The first-order valence-corrected chi connectivity index (χ1v) is 20.2. The summed E-state index contributed by atoms with van der Waals surface area (Å²) in [4.78, 5) is 20.4. The van der Waals surface area contributed by atoms with Gasteiger partial charge in [-0.25, -0.2) is 4.98 Å². The van der Waals surface area contributed by atoms with Gasteiger partial charge in [-0.05, 0) is 53.6 Å². The number of hydrogen-bond acceptors (Lipinski definition) is 5. The van der Waals surface area contributed by atoms with Crippen LogP contribution in [0.2, 0.25) is 0 Å². The second-order valence-electron chi connectivity index (χ2n) is 14.7. The van der Waals surface area contributed by atoms with Crippen molar-refractivity contribution in [3.05, 3.63) is 194 Å². The van der Waals surface area contributed by atoms with E-state index in [2.05, 4.69) is 166 Å². The lowest BCUT2D eigenvalue weighted by molar-refractivity contribution is 0.871. The standard InChI is InChI=1S/C51H32N6S/c1-2-13-32(14-3-1)50-53-48(54-51(55-50)57-43-22-9-5-16-36(43)37-17-6-10-23-44(37)57)30-34-15-12-20-35(33-25-26-47-41(29-33)40-19-7-11-24-46(40)58-47)49(34)56-42-21-8-4-18-38(42)39-27-28-52-31-45(39)56/h1-29,31H,30H2. The monoisotopic (exact) mass is 760 g/mol. The van der Waals surface area contributed by atoms with Gasteiger partial charge >= 0.3 is 0 Å². The first kappa shape index (κ1) is 32.7. The zero-order valence-electron chi connectivity index (χ0n) is 31.1. The fraction of sp³-hybridized carbons (Fsp3) is 0.0196. The first-order chi connectivity index (χ1) is 28.8. The minimum atomic E-state index is 0.466. The van der Waals surface area contributed by atoms with E-state index >= 15 is 0 Å². The molecule has 0 saturated carbocycles. The van der Waals surface area contributed by atoms with Crippen LogP contribution >= 0.6 is 11.3 Å². The van der Waals surface area contributed by atoms with Gasteiger partial charge in [-0.2, -0.15) is 9.97 Å². The molecule has 5 aromatic heterocycles. The molecule has 0 aliphatic rings. The molecule has 0 unspecified atom stereocenters. The molecular weight excluding hydrogens is 729 g/mol. The van der Waals surface area contributed by atoms with E-state index < -0.39 is 0 Å². The third-order valence-corrected chi connectivity index (χ3v) is 12.5. The number of rotatable bonds is 6. The summed E-state index contributed by atoms with van der Waals surface area (Å²) in [6.45, 7) is 0. The van der Waals surface area contributed by atoms with E-state index in [1.165, 1.54) is 25.6 Å². The van der Waals surface area contributed by atoms with Crippen molar-refractivity contribution in [2.75, 3.05) is 0 Å². The van der Waals surface area contributed by atoms with Crippen molar-refractivity contribution in [2.45, 2.75) is 6.42 Å². The molecule has 12 rings (SSSR count). The van der Waals surface area contributed by atoms with Crippen molar-refractivity contribution in [2.24, 2.45) is 0 Å². The Morgan fingerprint density at radius 1 is 0.448 bits per heavy atom. The lowest BCUT2D eigenvalue weighted by atomic mass is 9.96. The van der Waals surface area contributed by atoms with Crippen molar-refractivity contribution in [3.8, 4) is 34.2 Å². The Labute approximate surface area is 337 Å². The van der Waals surface area contributed by atoms with Crippen LogP contribution in [0.1, 0.15) is 11.4 Å². The highest BCUT2D eigenvalue weighted by atomic mass is 32.1. The van der Waals surface area contributed by atoms with Gasteiger partial charge in [-0.3, -0.25) is 9.55 Å². The fourth-order valence-electron chi connectivity index (χ4n) is 8.79. The highest BCUT2D eigenvalue weighted by Gasteiger charge is 2.22. The van der Waals surface area contributed by atoms with Gasteiger partial charge in [-0.1, -0.05) is 127 Å². The summed E-state index contributed by atoms with van der Waals surface area (Å²) in [7, 11) is 0. The van der Waals surface area contributed by atoms with Gasteiger partial charge in [0.25, 0.3) is 0 Å². The molecule has 0 saturated heterocycles. The maximum Gasteiger partial charge on any atom is 0.238 e. The largest absolute Gasteiger partial charge is 0.307 e. The van der Waals surface area contributed by atoms with Crippen LogP contribution in [0.25, 0.3) is 97.9 Å². The highest BCUT2D eigenvalue weighted by molar-refractivity contribution is 7.25. The first-order valence-electron chi connectivity index (χ1n) is 19.4. The number of para-hydroxylation sites is 4. The zero-order chi connectivity index (χ0) is 38.2. The second-order valence-corrected chi connectivity index (χ2v) is 15.7. The molecule has 0 radical (unpaired) electrons. The molecule has 12 aromatic rings. The molecule has 0 N–H and O–H groups in total. The minimum Gasteiger partial charge on any atom is -0.307 e. The molecule has 58 heavy (non-hydrogen) atoms. The molecule has 0 atom stereocenters. The average Bonchev–Trinajstić information content (AvgIpc) is 3.94. The Morgan fingerprint density at radius 3 is 1.84 bits per heavy atom. The lowest BCUT2D eigenvalue weighted by Crippen LogP contribution is -2.10. The van der Waals surface area contributed by atoms with Crippen LogP contribution in [0, 0.1) is 0 Å². The minimum absolute atomic E-state index is 0.466. The van der Waals surface area contributed by atoms with Gasteiger partial charge in [0.1, 0.15) is 5.82 Å². The number of fused-ring (bicyclic) bond motifs is 9. The van der Waals surface area contributed by atoms with E-state index in [1.54, 1.807) is 0 Å². The molecule has 0 bridgehead atoms. The van der Waals surface area contributed by atoms with Crippen LogP contribution < -0.4 is 0 Å². The smallest absolute Gasteiger partial charge is 0.238 e. The summed E-state index contributed by atoms with van der Waals surface area (Å²) in [6, 6.07) is 60.2. The van der Waals surface area contributed by atoms with Gasteiger partial charge < -0.3 is 4.57 Å². The van der Waals surface area contributed by atoms with E-state index in [0.29, 0.717) is 24.0 Å². The van der Waals surface area contributed by atoms with E-state index in [-0.39, 0.29) is 0 Å². The molecular formula is C51H32N6S. The Balaban J connectivity index is 1.13. The molecule has 0 aliphatic heterocycles. The molecule has 272 valence electrons. The molecule has 0 aliphatic carbocycles. The van der Waals surface area contributed by atoms with Gasteiger partial charge in [0.05, 0.1) is 34.0 Å². The summed E-state index contributed by atoms with van der Waals surface area (Å²) in [5, 5.41) is 7.20. The molecule has 5 heterocycles. The number of nitrogens with zero attached hydrogens (tertiary/aromatic N) is 6. The highest BCUT2D eigenvalue weighted by Crippen LogP contribution is 2.41. The molecule has 7 heteroatoms. The molecule has 6 nitrogen and oxygen atoms in total. The van der Waals surface area contributed by atoms with Crippen molar-refractivity contribution in [1.29, 1.82) is 0 Å². The summed E-state index contributed by atoms with van der Waals surface area (Å²) < 4.78 is 7.14.